The predicted octanol–water partition coefficient (Wildman–Crippen LogP) is 12.5. The zero-order chi connectivity index (χ0) is 36.3. The van der Waals surface area contributed by atoms with Gasteiger partial charge in [0.1, 0.15) is 0 Å². The predicted molar refractivity (Wildman–Crippen MR) is 226 cm³/mol. The van der Waals surface area contributed by atoms with Crippen LogP contribution in [0.25, 0.3) is 105 Å². The first-order valence-corrected chi connectivity index (χ1v) is 18.5. The standard InChI is InChI=1S/C50H31N5/c1-3-14-32(15-4-1)43-31-44(33-16-5-2-6-17-33)54-50(53-43)35-19-13-18-34(28-35)36-20-9-11-24-45(36)55-46-25-12-10-22-38(46)41-29-40-37-21-7-8-23-39(37)48-49(52-27-26-51-48)42(40)30-47(41)55/h1-31H. The third-order valence-electron chi connectivity index (χ3n) is 10.7. The molecule has 0 unspecified atom stereocenters. The third kappa shape index (κ3) is 5.09. The zero-order valence-electron chi connectivity index (χ0n) is 29.6. The van der Waals surface area contributed by atoms with E-state index in [2.05, 4.69) is 144 Å². The molecule has 0 spiro atoms. The van der Waals surface area contributed by atoms with Crippen LogP contribution in [0.3, 0.4) is 0 Å². The lowest BCUT2D eigenvalue weighted by molar-refractivity contribution is 1.18. The summed E-state index contributed by atoms with van der Waals surface area (Å²) in [5, 5.41) is 6.94. The molecule has 11 rings (SSSR count). The third-order valence-corrected chi connectivity index (χ3v) is 10.7. The average Bonchev–Trinajstić information content (AvgIpc) is 3.59. The second-order valence-electron chi connectivity index (χ2n) is 13.9. The molecule has 0 saturated carbocycles. The summed E-state index contributed by atoms with van der Waals surface area (Å²) in [4.78, 5) is 20.0. The van der Waals surface area contributed by atoms with E-state index in [4.69, 9.17) is 19.9 Å². The molecule has 0 aliphatic carbocycles. The SMILES string of the molecule is c1ccc(-c2cc(-c3ccccc3)nc(-c3cccc(-c4ccccc4-n4c5ccccc5c5cc6c7ccccc7c7nccnc7c6cc54)c3)n2)cc1. The Morgan fingerprint density at radius 1 is 0.345 bits per heavy atom. The summed E-state index contributed by atoms with van der Waals surface area (Å²) >= 11 is 0. The quantitative estimate of drug-likeness (QED) is 0.168. The minimum absolute atomic E-state index is 0.683. The molecular formula is C50H31N5. The lowest BCUT2D eigenvalue weighted by Crippen LogP contribution is -1.98. The molecule has 0 aliphatic heterocycles. The number of rotatable bonds is 5. The normalized spacial score (nSPS) is 11.6. The van der Waals surface area contributed by atoms with Crippen molar-refractivity contribution in [1.82, 2.24) is 24.5 Å². The molecule has 0 amide bonds. The Bertz CT molecular complexity index is 3200. The van der Waals surface area contributed by atoms with Crippen molar-refractivity contribution in [3.63, 3.8) is 0 Å². The van der Waals surface area contributed by atoms with Gasteiger partial charge in [0.15, 0.2) is 5.82 Å². The smallest absolute Gasteiger partial charge is 0.160 e. The minimum atomic E-state index is 0.683. The maximum atomic E-state index is 5.14. The van der Waals surface area contributed by atoms with Gasteiger partial charge in [-0.1, -0.05) is 140 Å². The molecule has 0 radical (unpaired) electrons. The van der Waals surface area contributed by atoms with Crippen molar-refractivity contribution in [3.8, 4) is 50.7 Å². The van der Waals surface area contributed by atoms with E-state index in [0.29, 0.717) is 5.82 Å². The zero-order valence-corrected chi connectivity index (χ0v) is 29.6. The molecule has 256 valence electrons. The Hall–Kier alpha value is -7.50. The Kier molecular flexibility index (Phi) is 7.10. The van der Waals surface area contributed by atoms with Crippen molar-refractivity contribution >= 4 is 54.4 Å². The van der Waals surface area contributed by atoms with Crippen LogP contribution in [-0.4, -0.2) is 24.5 Å². The highest BCUT2D eigenvalue weighted by molar-refractivity contribution is 6.27. The molecule has 3 heterocycles. The Labute approximate surface area is 316 Å². The van der Waals surface area contributed by atoms with Crippen LogP contribution in [0.4, 0.5) is 0 Å². The maximum Gasteiger partial charge on any atom is 0.160 e. The number of fused-ring (bicyclic) bond motifs is 9. The van der Waals surface area contributed by atoms with Crippen LogP contribution in [0.15, 0.2) is 188 Å². The van der Waals surface area contributed by atoms with Crippen LogP contribution in [-0.2, 0) is 0 Å². The van der Waals surface area contributed by atoms with Gasteiger partial charge in [-0.05, 0) is 52.7 Å². The summed E-state index contributed by atoms with van der Waals surface area (Å²) in [6.07, 6.45) is 3.58. The first kappa shape index (κ1) is 31.1. The van der Waals surface area contributed by atoms with Gasteiger partial charge in [-0.15, -0.1) is 0 Å². The monoisotopic (exact) mass is 701 g/mol. The van der Waals surface area contributed by atoms with Gasteiger partial charge in [0.2, 0.25) is 0 Å². The average molecular weight is 702 g/mol. The van der Waals surface area contributed by atoms with E-state index in [1.807, 2.05) is 36.4 Å². The van der Waals surface area contributed by atoms with Gasteiger partial charge in [-0.2, -0.15) is 0 Å². The molecule has 0 bridgehead atoms. The van der Waals surface area contributed by atoms with Crippen LogP contribution in [0, 0.1) is 0 Å². The van der Waals surface area contributed by atoms with E-state index in [-0.39, 0.29) is 0 Å². The minimum Gasteiger partial charge on any atom is -0.309 e. The van der Waals surface area contributed by atoms with Crippen molar-refractivity contribution in [3.05, 3.63) is 188 Å². The van der Waals surface area contributed by atoms with Crippen LogP contribution < -0.4 is 0 Å². The highest BCUT2D eigenvalue weighted by atomic mass is 15.0. The van der Waals surface area contributed by atoms with Crippen molar-refractivity contribution < 1.29 is 0 Å². The fourth-order valence-corrected chi connectivity index (χ4v) is 8.18. The maximum absolute atomic E-state index is 5.14. The largest absolute Gasteiger partial charge is 0.309 e. The molecular weight excluding hydrogens is 671 g/mol. The first-order valence-electron chi connectivity index (χ1n) is 18.5. The Morgan fingerprint density at radius 3 is 1.67 bits per heavy atom. The van der Waals surface area contributed by atoms with Gasteiger partial charge in [-0.3, -0.25) is 9.97 Å². The number of aromatic nitrogens is 5. The van der Waals surface area contributed by atoms with Crippen LogP contribution >= 0.6 is 0 Å². The molecule has 5 heteroatoms. The first-order chi connectivity index (χ1) is 27.3. The van der Waals surface area contributed by atoms with Gasteiger partial charge in [0.05, 0.1) is 39.1 Å². The molecule has 5 nitrogen and oxygen atoms in total. The van der Waals surface area contributed by atoms with Gasteiger partial charge in [-0.25, -0.2) is 9.97 Å². The summed E-state index contributed by atoms with van der Waals surface area (Å²) in [5.74, 6) is 0.683. The van der Waals surface area contributed by atoms with Crippen LogP contribution in [0.1, 0.15) is 0 Å². The van der Waals surface area contributed by atoms with Gasteiger partial charge < -0.3 is 4.57 Å². The lowest BCUT2D eigenvalue weighted by atomic mass is 9.97. The molecule has 0 N–H and O–H groups in total. The topological polar surface area (TPSA) is 56.5 Å². The van der Waals surface area contributed by atoms with E-state index in [9.17, 15) is 0 Å². The number of para-hydroxylation sites is 2. The summed E-state index contributed by atoms with van der Waals surface area (Å²) < 4.78 is 2.41. The van der Waals surface area contributed by atoms with Gasteiger partial charge >= 0.3 is 0 Å². The highest BCUT2D eigenvalue weighted by Gasteiger charge is 2.19. The van der Waals surface area contributed by atoms with E-state index < -0.39 is 0 Å². The second-order valence-corrected chi connectivity index (χ2v) is 13.9. The lowest BCUT2D eigenvalue weighted by Gasteiger charge is -2.16. The van der Waals surface area contributed by atoms with E-state index >= 15 is 0 Å². The van der Waals surface area contributed by atoms with Gasteiger partial charge in [0.25, 0.3) is 0 Å². The number of hydrogen-bond acceptors (Lipinski definition) is 4. The van der Waals surface area contributed by atoms with E-state index in [0.717, 1.165) is 77.7 Å². The summed E-state index contributed by atoms with van der Waals surface area (Å²) in [5.41, 5.74) is 12.2. The molecule has 3 aromatic heterocycles. The Morgan fingerprint density at radius 2 is 0.927 bits per heavy atom. The fourth-order valence-electron chi connectivity index (χ4n) is 8.18. The number of benzene rings is 8. The number of hydrogen-bond donors (Lipinski definition) is 0. The molecule has 0 fully saturated rings. The van der Waals surface area contributed by atoms with Crippen molar-refractivity contribution in [2.24, 2.45) is 0 Å². The van der Waals surface area contributed by atoms with Crippen LogP contribution in [0.5, 0.6) is 0 Å². The van der Waals surface area contributed by atoms with Crippen molar-refractivity contribution in [2.75, 3.05) is 0 Å². The summed E-state index contributed by atoms with van der Waals surface area (Å²) in [6, 6.07) is 61.9. The molecule has 0 atom stereocenters. The number of nitrogens with zero attached hydrogens (tertiary/aromatic N) is 5. The summed E-state index contributed by atoms with van der Waals surface area (Å²) in [7, 11) is 0. The molecule has 8 aromatic carbocycles. The van der Waals surface area contributed by atoms with Crippen molar-refractivity contribution in [2.45, 2.75) is 0 Å². The molecule has 0 saturated heterocycles. The highest BCUT2D eigenvalue weighted by Crippen LogP contribution is 2.41. The fraction of sp³-hybridized carbons (Fsp3) is 0. The molecule has 11 aromatic rings. The molecule has 55 heavy (non-hydrogen) atoms. The Balaban J connectivity index is 1.13. The van der Waals surface area contributed by atoms with Crippen molar-refractivity contribution in [1.29, 1.82) is 0 Å². The van der Waals surface area contributed by atoms with Crippen LogP contribution in [0.2, 0.25) is 0 Å². The van der Waals surface area contributed by atoms with Gasteiger partial charge in [0, 0.05) is 56.2 Å². The second kappa shape index (κ2) is 12.6. The summed E-state index contributed by atoms with van der Waals surface area (Å²) in [6.45, 7) is 0. The van der Waals surface area contributed by atoms with E-state index in [1.54, 1.807) is 12.4 Å². The molecule has 0 aliphatic rings. The van der Waals surface area contributed by atoms with E-state index in [1.165, 1.54) is 21.5 Å².